The van der Waals surface area contributed by atoms with Gasteiger partial charge in [-0.05, 0) is 39.7 Å². The van der Waals surface area contributed by atoms with Crippen LogP contribution < -0.4 is 0 Å². The number of ketones is 1. The molecule has 0 aliphatic carbocycles. The van der Waals surface area contributed by atoms with Gasteiger partial charge in [0.25, 0.3) is 0 Å². The molecule has 1 rings (SSSR count). The highest BCUT2D eigenvalue weighted by Crippen LogP contribution is 2.23. The van der Waals surface area contributed by atoms with Gasteiger partial charge in [-0.3, -0.25) is 14.5 Å². The molecule has 1 aliphatic heterocycles. The van der Waals surface area contributed by atoms with Gasteiger partial charge < -0.3 is 9.47 Å². The van der Waals surface area contributed by atoms with Gasteiger partial charge in [0.05, 0.1) is 19.3 Å². The van der Waals surface area contributed by atoms with Crippen LogP contribution in [0.1, 0.15) is 34.1 Å². The average Bonchev–Trinajstić information content (AvgIpc) is 2.41. The second kappa shape index (κ2) is 7.18. The van der Waals surface area contributed by atoms with Crippen molar-refractivity contribution in [2.75, 3.05) is 33.4 Å². The molecule has 0 radical (unpaired) electrons. The van der Waals surface area contributed by atoms with Gasteiger partial charge in [-0.1, -0.05) is 6.92 Å². The lowest BCUT2D eigenvalue weighted by Gasteiger charge is -2.36. The van der Waals surface area contributed by atoms with E-state index in [0.29, 0.717) is 12.5 Å². The molecular weight excluding hydrogens is 258 g/mol. The smallest absolute Gasteiger partial charge is 0.319 e. The Morgan fingerprint density at radius 2 is 2.00 bits per heavy atom. The molecule has 0 aromatic carbocycles. The second-order valence-corrected chi connectivity index (χ2v) is 6.04. The fourth-order valence-electron chi connectivity index (χ4n) is 2.37. The Bertz CT molecular complexity index is 354. The number of esters is 1. The maximum absolute atomic E-state index is 12.3. The summed E-state index contributed by atoms with van der Waals surface area (Å²) >= 11 is 0. The van der Waals surface area contributed by atoms with Gasteiger partial charge in [0, 0.05) is 13.7 Å². The molecule has 1 heterocycles. The van der Waals surface area contributed by atoms with Gasteiger partial charge in [0.2, 0.25) is 0 Å². The topological polar surface area (TPSA) is 55.8 Å². The number of piperidine rings is 1. The Morgan fingerprint density at radius 1 is 1.35 bits per heavy atom. The first-order chi connectivity index (χ1) is 9.32. The second-order valence-electron chi connectivity index (χ2n) is 6.04. The van der Waals surface area contributed by atoms with E-state index in [2.05, 4.69) is 11.8 Å². The van der Waals surface area contributed by atoms with E-state index < -0.39 is 11.4 Å². The molecule has 5 nitrogen and oxygen atoms in total. The lowest BCUT2D eigenvalue weighted by molar-refractivity contribution is -0.158. The molecule has 0 aromatic heterocycles. The molecule has 0 aromatic rings. The Kier molecular flexibility index (Phi) is 6.14. The third-order valence-corrected chi connectivity index (χ3v) is 4.13. The summed E-state index contributed by atoms with van der Waals surface area (Å²) in [6.45, 7) is 9.35. The first kappa shape index (κ1) is 17.1. The molecule has 0 bridgehead atoms. The number of Topliss-reactive ketones (excluding diaryl/α,β-unsaturated/α-hetero) is 1. The van der Waals surface area contributed by atoms with Crippen LogP contribution in [0.3, 0.4) is 0 Å². The SMILES string of the molecule is CCOC(=O)C(C)(C)C(=O)CN1CCC(C)C(OC)C1. The number of methoxy groups -OCH3 is 1. The normalized spacial score (nSPS) is 24.4. The van der Waals surface area contributed by atoms with Crippen molar-refractivity contribution in [1.29, 1.82) is 0 Å². The Balaban J connectivity index is 2.59. The number of carbonyl (C=O) groups excluding carboxylic acids is 2. The van der Waals surface area contributed by atoms with E-state index >= 15 is 0 Å². The molecule has 0 N–H and O–H groups in total. The highest BCUT2D eigenvalue weighted by molar-refractivity contribution is 6.03. The van der Waals surface area contributed by atoms with Crippen LogP contribution in [0.15, 0.2) is 0 Å². The van der Waals surface area contributed by atoms with Crippen molar-refractivity contribution in [2.45, 2.75) is 40.2 Å². The molecule has 5 heteroatoms. The number of ether oxygens (including phenoxy) is 2. The first-order valence-electron chi connectivity index (χ1n) is 7.28. The van der Waals surface area contributed by atoms with Crippen molar-refractivity contribution in [2.24, 2.45) is 11.3 Å². The quantitative estimate of drug-likeness (QED) is 0.547. The van der Waals surface area contributed by atoms with Crippen LogP contribution >= 0.6 is 0 Å². The molecule has 1 aliphatic rings. The van der Waals surface area contributed by atoms with Crippen molar-refractivity contribution >= 4 is 11.8 Å². The minimum atomic E-state index is -1.08. The van der Waals surface area contributed by atoms with Crippen molar-refractivity contribution < 1.29 is 19.1 Å². The zero-order chi connectivity index (χ0) is 15.3. The van der Waals surface area contributed by atoms with E-state index in [-0.39, 0.29) is 18.4 Å². The number of likely N-dealkylation sites (tertiary alicyclic amines) is 1. The summed E-state index contributed by atoms with van der Waals surface area (Å²) in [5, 5.41) is 0. The van der Waals surface area contributed by atoms with E-state index in [1.54, 1.807) is 27.9 Å². The van der Waals surface area contributed by atoms with E-state index in [1.807, 2.05) is 0 Å². The summed E-state index contributed by atoms with van der Waals surface area (Å²) in [6, 6.07) is 0. The van der Waals surface area contributed by atoms with Crippen molar-refractivity contribution in [3.8, 4) is 0 Å². The average molecular weight is 285 g/mol. The Labute approximate surface area is 121 Å². The lowest BCUT2D eigenvalue weighted by Crippen LogP contribution is -2.49. The largest absolute Gasteiger partial charge is 0.465 e. The predicted octanol–water partition coefficient (Wildman–Crippen LogP) is 1.50. The van der Waals surface area contributed by atoms with Crippen LogP contribution in [0.5, 0.6) is 0 Å². The first-order valence-corrected chi connectivity index (χ1v) is 7.28. The van der Waals surface area contributed by atoms with Crippen LogP contribution in [0, 0.1) is 11.3 Å². The van der Waals surface area contributed by atoms with Gasteiger partial charge in [-0.15, -0.1) is 0 Å². The van der Waals surface area contributed by atoms with E-state index in [9.17, 15) is 9.59 Å². The Hall–Kier alpha value is -0.940. The van der Waals surface area contributed by atoms with Crippen LogP contribution in [0.4, 0.5) is 0 Å². The van der Waals surface area contributed by atoms with Gasteiger partial charge in [-0.25, -0.2) is 0 Å². The number of hydrogen-bond acceptors (Lipinski definition) is 5. The number of nitrogens with zero attached hydrogens (tertiary/aromatic N) is 1. The van der Waals surface area contributed by atoms with Crippen LogP contribution in [0.2, 0.25) is 0 Å². The molecule has 1 fully saturated rings. The Morgan fingerprint density at radius 3 is 2.55 bits per heavy atom. The number of hydrogen-bond donors (Lipinski definition) is 0. The van der Waals surface area contributed by atoms with E-state index in [4.69, 9.17) is 9.47 Å². The lowest BCUT2D eigenvalue weighted by atomic mass is 9.87. The highest BCUT2D eigenvalue weighted by atomic mass is 16.5. The zero-order valence-corrected chi connectivity index (χ0v) is 13.3. The van der Waals surface area contributed by atoms with Crippen LogP contribution in [-0.4, -0.2) is 56.1 Å². The molecule has 2 unspecified atom stereocenters. The highest BCUT2D eigenvalue weighted by Gasteiger charge is 2.38. The molecule has 2 atom stereocenters. The van der Waals surface area contributed by atoms with Gasteiger partial charge >= 0.3 is 5.97 Å². The minimum absolute atomic E-state index is 0.0969. The minimum Gasteiger partial charge on any atom is -0.465 e. The summed E-state index contributed by atoms with van der Waals surface area (Å²) in [7, 11) is 1.70. The number of carbonyl (C=O) groups is 2. The molecule has 1 saturated heterocycles. The third-order valence-electron chi connectivity index (χ3n) is 4.13. The van der Waals surface area contributed by atoms with Gasteiger partial charge in [-0.2, -0.15) is 0 Å². The number of rotatable bonds is 6. The molecule has 20 heavy (non-hydrogen) atoms. The fraction of sp³-hybridized carbons (Fsp3) is 0.867. The maximum atomic E-state index is 12.3. The monoisotopic (exact) mass is 285 g/mol. The zero-order valence-electron chi connectivity index (χ0n) is 13.3. The van der Waals surface area contributed by atoms with Gasteiger partial charge in [0.1, 0.15) is 5.41 Å². The third kappa shape index (κ3) is 4.03. The summed E-state index contributed by atoms with van der Waals surface area (Å²) in [4.78, 5) is 26.2. The van der Waals surface area contributed by atoms with Crippen molar-refractivity contribution in [1.82, 2.24) is 4.90 Å². The molecule has 116 valence electrons. The van der Waals surface area contributed by atoms with Crippen molar-refractivity contribution in [3.63, 3.8) is 0 Å². The summed E-state index contributed by atoms with van der Waals surface area (Å²) in [5.74, 6) is -0.0385. The summed E-state index contributed by atoms with van der Waals surface area (Å²) in [6.07, 6.45) is 1.16. The fourth-order valence-corrected chi connectivity index (χ4v) is 2.37. The van der Waals surface area contributed by atoms with Gasteiger partial charge in [0.15, 0.2) is 5.78 Å². The van der Waals surface area contributed by atoms with Crippen LogP contribution in [0.25, 0.3) is 0 Å². The molecule has 0 spiro atoms. The molecule has 0 saturated carbocycles. The van der Waals surface area contributed by atoms with Crippen molar-refractivity contribution in [3.05, 3.63) is 0 Å². The summed E-state index contributed by atoms with van der Waals surface area (Å²) in [5.41, 5.74) is -1.08. The summed E-state index contributed by atoms with van der Waals surface area (Å²) < 4.78 is 10.4. The van der Waals surface area contributed by atoms with Crippen LogP contribution in [-0.2, 0) is 19.1 Å². The van der Waals surface area contributed by atoms with E-state index in [1.165, 1.54) is 0 Å². The predicted molar refractivity (Wildman–Crippen MR) is 76.4 cm³/mol. The molecule has 0 amide bonds. The standard InChI is InChI=1S/C15H27NO4/c1-6-20-14(18)15(3,4)13(17)10-16-8-7-11(2)12(9-16)19-5/h11-12H,6-10H2,1-5H3. The maximum Gasteiger partial charge on any atom is 0.319 e. The van der Waals surface area contributed by atoms with E-state index in [0.717, 1.165) is 19.5 Å². The molecular formula is C15H27NO4.